The van der Waals surface area contributed by atoms with Gasteiger partial charge in [-0.15, -0.1) is 0 Å². The molecule has 0 radical (unpaired) electrons. The SMILES string of the molecule is Cc1noc(C)c1S(=O)(=O)Nc1ccc2c(c1)C(=O)N([C@H](C)CO)C[C@H](C)[C@H](CN(C)CC1CC1)O2. The number of ether oxygens (including phenoxy) is 1. The normalized spacial score (nSPS) is 21.5. The van der Waals surface area contributed by atoms with Gasteiger partial charge in [0, 0.05) is 31.2 Å². The van der Waals surface area contributed by atoms with Gasteiger partial charge in [-0.05, 0) is 64.8 Å². The van der Waals surface area contributed by atoms with E-state index in [9.17, 15) is 18.3 Å². The van der Waals surface area contributed by atoms with E-state index in [2.05, 4.69) is 28.8 Å². The molecule has 4 rings (SSSR count). The Balaban J connectivity index is 1.66. The lowest BCUT2D eigenvalue weighted by Gasteiger charge is -2.38. The van der Waals surface area contributed by atoms with Crippen LogP contribution in [0.2, 0.25) is 0 Å². The highest BCUT2D eigenvalue weighted by molar-refractivity contribution is 7.92. The Morgan fingerprint density at radius 1 is 1.28 bits per heavy atom. The maximum absolute atomic E-state index is 13.6. The Labute approximate surface area is 212 Å². The molecule has 11 heteroatoms. The number of aliphatic hydroxyl groups is 1. The van der Waals surface area contributed by atoms with Gasteiger partial charge in [-0.25, -0.2) is 8.42 Å². The third-order valence-corrected chi connectivity index (χ3v) is 8.54. The molecule has 2 aliphatic rings. The summed E-state index contributed by atoms with van der Waals surface area (Å²) in [4.78, 5) is 17.5. The predicted octanol–water partition coefficient (Wildman–Crippen LogP) is 2.65. The van der Waals surface area contributed by atoms with Gasteiger partial charge in [0.05, 0.1) is 18.2 Å². The van der Waals surface area contributed by atoms with Gasteiger partial charge in [0.1, 0.15) is 17.5 Å². The Morgan fingerprint density at radius 3 is 2.61 bits per heavy atom. The van der Waals surface area contributed by atoms with E-state index in [1.165, 1.54) is 25.8 Å². The summed E-state index contributed by atoms with van der Waals surface area (Å²) >= 11 is 0. The number of aryl methyl sites for hydroxylation is 2. The molecule has 1 amide bonds. The van der Waals surface area contributed by atoms with E-state index in [0.29, 0.717) is 18.8 Å². The zero-order chi connectivity index (χ0) is 26.2. The first-order chi connectivity index (χ1) is 17.0. The highest BCUT2D eigenvalue weighted by Gasteiger charge is 2.34. The average Bonchev–Trinajstić information content (AvgIpc) is 3.56. The number of nitrogens with one attached hydrogen (secondary N) is 1. The second-order valence-corrected chi connectivity index (χ2v) is 11.9. The standard InChI is InChI=1S/C25H36N4O6S/c1-15-11-29(16(2)14-30)25(31)21-10-20(27-36(32,33)24-17(3)26-35-18(24)4)8-9-22(21)34-23(15)13-28(5)12-19-6-7-19/h8-10,15-16,19,23,27,30H,6-7,11-14H2,1-5H3/t15-,16+,23-/m0/s1. The number of hydrogen-bond donors (Lipinski definition) is 2. The van der Waals surface area contributed by atoms with E-state index in [1.807, 2.05) is 0 Å². The van der Waals surface area contributed by atoms with Crippen molar-refractivity contribution in [1.82, 2.24) is 15.0 Å². The molecule has 3 atom stereocenters. The van der Waals surface area contributed by atoms with Crippen molar-refractivity contribution in [2.75, 3.05) is 38.0 Å². The van der Waals surface area contributed by atoms with Crippen LogP contribution in [-0.2, 0) is 10.0 Å². The van der Waals surface area contributed by atoms with E-state index in [4.69, 9.17) is 9.26 Å². The number of fused-ring (bicyclic) bond motifs is 1. The second-order valence-electron chi connectivity index (χ2n) is 10.3. The Kier molecular flexibility index (Phi) is 7.63. The fraction of sp³-hybridized carbons (Fsp3) is 0.600. The summed E-state index contributed by atoms with van der Waals surface area (Å²) in [5.41, 5.74) is 0.718. The molecular weight excluding hydrogens is 484 g/mol. The van der Waals surface area contributed by atoms with Crippen molar-refractivity contribution in [3.63, 3.8) is 0 Å². The van der Waals surface area contributed by atoms with Crippen molar-refractivity contribution >= 4 is 21.6 Å². The summed E-state index contributed by atoms with van der Waals surface area (Å²) in [6.45, 7) is 8.88. The van der Waals surface area contributed by atoms with Crippen LogP contribution in [0.25, 0.3) is 0 Å². The molecule has 198 valence electrons. The minimum absolute atomic E-state index is 0.0236. The summed E-state index contributed by atoms with van der Waals surface area (Å²) in [6.07, 6.45) is 2.34. The van der Waals surface area contributed by atoms with Crippen molar-refractivity contribution < 1.29 is 27.6 Å². The molecule has 0 saturated heterocycles. The lowest BCUT2D eigenvalue weighted by atomic mass is 9.99. The van der Waals surface area contributed by atoms with E-state index in [1.54, 1.807) is 30.9 Å². The van der Waals surface area contributed by atoms with E-state index in [-0.39, 0.29) is 52.1 Å². The summed E-state index contributed by atoms with van der Waals surface area (Å²) in [5.74, 6) is 1.02. The van der Waals surface area contributed by atoms with Crippen LogP contribution in [-0.4, -0.2) is 79.8 Å². The molecule has 2 heterocycles. The number of carbonyl (C=O) groups excluding carboxylic acids is 1. The summed E-state index contributed by atoms with van der Waals surface area (Å²) in [6, 6.07) is 4.30. The molecule has 10 nitrogen and oxygen atoms in total. The molecule has 36 heavy (non-hydrogen) atoms. The molecule has 0 bridgehead atoms. The zero-order valence-electron chi connectivity index (χ0n) is 21.5. The van der Waals surface area contributed by atoms with Crippen molar-refractivity contribution in [1.29, 1.82) is 0 Å². The molecule has 0 spiro atoms. The summed E-state index contributed by atoms with van der Waals surface area (Å²) in [5, 5.41) is 13.6. The molecular formula is C25H36N4O6S. The van der Waals surface area contributed by atoms with Gasteiger partial charge >= 0.3 is 0 Å². The number of carbonyl (C=O) groups is 1. The van der Waals surface area contributed by atoms with E-state index < -0.39 is 16.1 Å². The van der Waals surface area contributed by atoms with Crippen LogP contribution in [0, 0.1) is 25.7 Å². The van der Waals surface area contributed by atoms with Gasteiger partial charge in [0.15, 0.2) is 10.7 Å². The number of likely N-dealkylation sites (N-methyl/N-ethyl adjacent to an activating group) is 1. The second kappa shape index (κ2) is 10.4. The Hall–Kier alpha value is -2.63. The molecule has 1 aliphatic carbocycles. The van der Waals surface area contributed by atoms with E-state index in [0.717, 1.165) is 12.5 Å². The predicted molar refractivity (Wildman–Crippen MR) is 135 cm³/mol. The van der Waals surface area contributed by atoms with Gasteiger partial charge in [0.25, 0.3) is 15.9 Å². The average molecular weight is 521 g/mol. The van der Waals surface area contributed by atoms with Gasteiger partial charge in [-0.2, -0.15) is 0 Å². The van der Waals surface area contributed by atoms with Gasteiger partial charge in [0.2, 0.25) is 0 Å². The first-order valence-corrected chi connectivity index (χ1v) is 13.8. The largest absolute Gasteiger partial charge is 0.488 e. The fourth-order valence-electron chi connectivity index (χ4n) is 4.69. The van der Waals surface area contributed by atoms with Crippen molar-refractivity contribution in [3.8, 4) is 5.75 Å². The van der Waals surface area contributed by atoms with Gasteiger partial charge in [-0.3, -0.25) is 9.52 Å². The third kappa shape index (κ3) is 5.68. The quantitative estimate of drug-likeness (QED) is 0.517. The number of nitrogens with zero attached hydrogens (tertiary/aromatic N) is 3. The van der Waals surface area contributed by atoms with Crippen molar-refractivity contribution in [2.45, 2.75) is 57.6 Å². The summed E-state index contributed by atoms with van der Waals surface area (Å²) in [7, 11) is -1.90. The van der Waals surface area contributed by atoms with Crippen LogP contribution < -0.4 is 9.46 Å². The molecule has 0 unspecified atom stereocenters. The number of aromatic nitrogens is 1. The number of anilines is 1. The van der Waals surface area contributed by atoms with E-state index >= 15 is 0 Å². The number of hydrogen-bond acceptors (Lipinski definition) is 8. The first kappa shape index (κ1) is 26.4. The molecule has 2 N–H and O–H groups in total. The van der Waals surface area contributed by atoms with Gasteiger partial charge < -0.3 is 24.2 Å². The van der Waals surface area contributed by atoms with Gasteiger partial charge in [-0.1, -0.05) is 12.1 Å². The highest BCUT2D eigenvalue weighted by Crippen LogP contribution is 2.33. The molecule has 1 saturated carbocycles. The fourth-order valence-corrected chi connectivity index (χ4v) is 6.07. The Bertz CT molecular complexity index is 1190. The van der Waals surface area contributed by atoms with Crippen LogP contribution in [0.4, 0.5) is 5.69 Å². The summed E-state index contributed by atoms with van der Waals surface area (Å²) < 4.78 is 40.0. The first-order valence-electron chi connectivity index (χ1n) is 12.4. The minimum Gasteiger partial charge on any atom is -0.488 e. The van der Waals surface area contributed by atoms with Crippen LogP contribution in [0.15, 0.2) is 27.6 Å². The molecule has 1 aromatic heterocycles. The molecule has 1 fully saturated rings. The van der Waals surface area contributed by atoms with Crippen molar-refractivity contribution in [3.05, 3.63) is 35.2 Å². The Morgan fingerprint density at radius 2 is 2.00 bits per heavy atom. The molecule has 2 aromatic rings. The lowest BCUT2D eigenvalue weighted by molar-refractivity contribution is 0.0344. The van der Waals surface area contributed by atoms with Crippen LogP contribution in [0.1, 0.15) is 48.5 Å². The maximum atomic E-state index is 13.6. The number of benzene rings is 1. The van der Waals surface area contributed by atoms with Crippen LogP contribution in [0.3, 0.4) is 0 Å². The number of amides is 1. The van der Waals surface area contributed by atoms with Crippen molar-refractivity contribution in [2.24, 2.45) is 11.8 Å². The molecule has 1 aliphatic heterocycles. The number of rotatable bonds is 9. The monoisotopic (exact) mass is 520 g/mol. The topological polar surface area (TPSA) is 125 Å². The number of sulfonamides is 1. The minimum atomic E-state index is -3.99. The lowest BCUT2D eigenvalue weighted by Crippen LogP contribution is -2.50. The smallest absolute Gasteiger partial charge is 0.267 e. The molecule has 1 aromatic carbocycles. The third-order valence-electron chi connectivity index (χ3n) is 6.91. The van der Waals surface area contributed by atoms with Crippen LogP contribution >= 0.6 is 0 Å². The maximum Gasteiger partial charge on any atom is 0.267 e. The highest BCUT2D eigenvalue weighted by atomic mass is 32.2. The number of aliphatic hydroxyl groups excluding tert-OH is 1. The van der Waals surface area contributed by atoms with Crippen LogP contribution in [0.5, 0.6) is 5.75 Å². The zero-order valence-corrected chi connectivity index (χ0v) is 22.3.